The standard InChI is InChI=1S/C25H18ClN5O2/c26-18-12-10-17(11-13-18)16-30-22(14-15-27-30)28-24(32)23-20-8-4-5-9-21(20)25(33)31(29-23)19-6-2-1-3-7-19/h1-15H,16H2,(H,28,32). The van der Waals surface area contributed by atoms with Gasteiger partial charge in [0.2, 0.25) is 0 Å². The van der Waals surface area contributed by atoms with Gasteiger partial charge in [0.1, 0.15) is 5.82 Å². The highest BCUT2D eigenvalue weighted by atomic mass is 35.5. The molecule has 5 aromatic rings. The van der Waals surface area contributed by atoms with Crippen molar-refractivity contribution in [1.82, 2.24) is 19.6 Å². The van der Waals surface area contributed by atoms with Gasteiger partial charge in [0, 0.05) is 16.5 Å². The van der Waals surface area contributed by atoms with Gasteiger partial charge >= 0.3 is 0 Å². The minimum atomic E-state index is -0.436. The highest BCUT2D eigenvalue weighted by Crippen LogP contribution is 2.18. The van der Waals surface area contributed by atoms with E-state index >= 15 is 0 Å². The van der Waals surface area contributed by atoms with Crippen LogP contribution < -0.4 is 10.9 Å². The zero-order valence-corrected chi connectivity index (χ0v) is 18.1. The molecule has 0 radical (unpaired) electrons. The molecule has 0 aliphatic carbocycles. The molecule has 0 aliphatic heterocycles. The van der Waals surface area contributed by atoms with E-state index in [9.17, 15) is 9.59 Å². The molecule has 5 rings (SSSR count). The second-order valence-corrected chi connectivity index (χ2v) is 7.84. The van der Waals surface area contributed by atoms with Crippen LogP contribution in [-0.2, 0) is 6.54 Å². The Hall–Kier alpha value is -4.23. The Kier molecular flexibility index (Phi) is 5.46. The van der Waals surface area contributed by atoms with Crippen molar-refractivity contribution < 1.29 is 4.79 Å². The van der Waals surface area contributed by atoms with E-state index in [0.29, 0.717) is 33.8 Å². The summed E-state index contributed by atoms with van der Waals surface area (Å²) in [5.41, 5.74) is 1.42. The average molecular weight is 456 g/mol. The van der Waals surface area contributed by atoms with Crippen LogP contribution >= 0.6 is 11.6 Å². The Labute approximate surface area is 193 Å². The minimum absolute atomic E-state index is 0.147. The van der Waals surface area contributed by atoms with Crippen LogP contribution in [0.5, 0.6) is 0 Å². The van der Waals surface area contributed by atoms with Gasteiger partial charge < -0.3 is 5.32 Å². The lowest BCUT2D eigenvalue weighted by Crippen LogP contribution is -2.27. The molecule has 0 aliphatic rings. The van der Waals surface area contributed by atoms with Crippen molar-refractivity contribution in [2.24, 2.45) is 0 Å². The van der Waals surface area contributed by atoms with Crippen LogP contribution in [0.15, 0.2) is 95.9 Å². The monoisotopic (exact) mass is 455 g/mol. The van der Waals surface area contributed by atoms with E-state index in [2.05, 4.69) is 15.5 Å². The van der Waals surface area contributed by atoms with E-state index in [0.717, 1.165) is 5.56 Å². The van der Waals surface area contributed by atoms with Gasteiger partial charge in [-0.3, -0.25) is 9.59 Å². The molecular formula is C25H18ClN5O2. The number of carbonyl (C=O) groups is 1. The van der Waals surface area contributed by atoms with Gasteiger partial charge in [-0.25, -0.2) is 4.68 Å². The summed E-state index contributed by atoms with van der Waals surface area (Å²) in [5.74, 6) is 0.0760. The molecule has 0 bridgehead atoms. The maximum atomic E-state index is 13.3. The Bertz CT molecular complexity index is 1510. The van der Waals surface area contributed by atoms with Crippen molar-refractivity contribution in [3.63, 3.8) is 0 Å². The number of nitrogens with one attached hydrogen (secondary N) is 1. The maximum absolute atomic E-state index is 13.3. The molecule has 8 heteroatoms. The fourth-order valence-corrected chi connectivity index (χ4v) is 3.73. The molecule has 0 atom stereocenters. The number of rotatable bonds is 5. The first kappa shape index (κ1) is 20.7. The van der Waals surface area contributed by atoms with Crippen LogP contribution in [0, 0.1) is 0 Å². The fraction of sp³-hybridized carbons (Fsp3) is 0.0400. The predicted molar refractivity (Wildman–Crippen MR) is 128 cm³/mol. The zero-order chi connectivity index (χ0) is 22.8. The first-order valence-electron chi connectivity index (χ1n) is 10.3. The summed E-state index contributed by atoms with van der Waals surface area (Å²) in [6, 6.07) is 25.1. The fourth-order valence-electron chi connectivity index (χ4n) is 3.60. The second kappa shape index (κ2) is 8.72. The molecule has 2 heterocycles. The highest BCUT2D eigenvalue weighted by molar-refractivity contribution is 6.30. The quantitative estimate of drug-likeness (QED) is 0.422. The third-order valence-corrected chi connectivity index (χ3v) is 5.48. The molecule has 33 heavy (non-hydrogen) atoms. The van der Waals surface area contributed by atoms with Crippen molar-refractivity contribution in [2.75, 3.05) is 5.32 Å². The first-order chi connectivity index (χ1) is 16.1. The largest absolute Gasteiger partial charge is 0.305 e. The zero-order valence-electron chi connectivity index (χ0n) is 17.4. The molecule has 0 saturated carbocycles. The van der Waals surface area contributed by atoms with Gasteiger partial charge in [0.05, 0.1) is 23.8 Å². The van der Waals surface area contributed by atoms with Crippen LogP contribution in [0.1, 0.15) is 16.1 Å². The second-order valence-electron chi connectivity index (χ2n) is 7.40. The molecule has 2 aromatic heterocycles. The average Bonchev–Trinajstić information content (AvgIpc) is 3.27. The van der Waals surface area contributed by atoms with Gasteiger partial charge in [-0.15, -0.1) is 0 Å². The molecule has 162 valence electrons. The molecule has 1 amide bonds. The SMILES string of the molecule is O=C(Nc1ccnn1Cc1ccc(Cl)cc1)c1nn(-c2ccccc2)c(=O)c2ccccc12. The summed E-state index contributed by atoms with van der Waals surface area (Å²) in [6.45, 7) is 0.456. The molecule has 0 unspecified atom stereocenters. The van der Waals surface area contributed by atoms with Crippen LogP contribution in [0.2, 0.25) is 5.02 Å². The number of para-hydroxylation sites is 1. The summed E-state index contributed by atoms with van der Waals surface area (Å²) < 4.78 is 2.93. The predicted octanol–water partition coefficient (Wildman–Crippen LogP) is 4.54. The lowest BCUT2D eigenvalue weighted by Gasteiger charge is -2.12. The Morgan fingerprint density at radius 2 is 1.58 bits per heavy atom. The van der Waals surface area contributed by atoms with E-state index < -0.39 is 5.91 Å². The van der Waals surface area contributed by atoms with Crippen LogP contribution in [0.25, 0.3) is 16.5 Å². The summed E-state index contributed by atoms with van der Waals surface area (Å²) in [4.78, 5) is 26.4. The van der Waals surface area contributed by atoms with Crippen molar-refractivity contribution >= 4 is 34.1 Å². The number of hydrogen-bond acceptors (Lipinski definition) is 4. The smallest absolute Gasteiger partial charge is 0.279 e. The first-order valence-corrected chi connectivity index (χ1v) is 10.6. The van der Waals surface area contributed by atoms with Crippen LogP contribution in [-0.4, -0.2) is 25.5 Å². The van der Waals surface area contributed by atoms with E-state index in [-0.39, 0.29) is 11.3 Å². The number of aromatic nitrogens is 4. The van der Waals surface area contributed by atoms with E-state index in [1.54, 1.807) is 53.3 Å². The van der Waals surface area contributed by atoms with E-state index in [1.165, 1.54) is 4.68 Å². The summed E-state index contributed by atoms with van der Waals surface area (Å²) in [7, 11) is 0. The third kappa shape index (κ3) is 4.14. The molecule has 0 fully saturated rings. The highest BCUT2D eigenvalue weighted by Gasteiger charge is 2.19. The number of carbonyl (C=O) groups excluding carboxylic acids is 1. The molecule has 3 aromatic carbocycles. The van der Waals surface area contributed by atoms with Gasteiger partial charge in [0.15, 0.2) is 5.69 Å². The molecule has 7 nitrogen and oxygen atoms in total. The normalized spacial score (nSPS) is 10.9. The summed E-state index contributed by atoms with van der Waals surface area (Å²) >= 11 is 5.97. The summed E-state index contributed by atoms with van der Waals surface area (Å²) in [5, 5.41) is 13.2. The van der Waals surface area contributed by atoms with Crippen molar-refractivity contribution in [3.05, 3.63) is 118 Å². The number of amides is 1. The number of anilines is 1. The van der Waals surface area contributed by atoms with Gasteiger partial charge in [-0.05, 0) is 35.9 Å². The lowest BCUT2D eigenvalue weighted by molar-refractivity contribution is 0.102. The van der Waals surface area contributed by atoms with Crippen molar-refractivity contribution in [2.45, 2.75) is 6.54 Å². The van der Waals surface area contributed by atoms with E-state index in [4.69, 9.17) is 11.6 Å². The molecule has 0 saturated heterocycles. The Morgan fingerprint density at radius 1 is 0.879 bits per heavy atom. The van der Waals surface area contributed by atoms with Crippen molar-refractivity contribution in [1.29, 1.82) is 0 Å². The number of benzene rings is 3. The van der Waals surface area contributed by atoms with Crippen LogP contribution in [0.4, 0.5) is 5.82 Å². The third-order valence-electron chi connectivity index (χ3n) is 5.22. The lowest BCUT2D eigenvalue weighted by atomic mass is 10.1. The molecular weight excluding hydrogens is 438 g/mol. The van der Waals surface area contributed by atoms with E-state index in [1.807, 2.05) is 42.5 Å². The number of nitrogens with zero attached hydrogens (tertiary/aromatic N) is 4. The van der Waals surface area contributed by atoms with Crippen LogP contribution in [0.3, 0.4) is 0 Å². The number of halogens is 1. The number of fused-ring (bicyclic) bond motifs is 1. The Morgan fingerprint density at radius 3 is 2.33 bits per heavy atom. The summed E-state index contributed by atoms with van der Waals surface area (Å²) in [6.07, 6.45) is 1.61. The maximum Gasteiger partial charge on any atom is 0.279 e. The molecule has 1 N–H and O–H groups in total. The number of hydrogen-bond donors (Lipinski definition) is 1. The van der Waals surface area contributed by atoms with Gasteiger partial charge in [-0.2, -0.15) is 14.9 Å². The minimum Gasteiger partial charge on any atom is -0.305 e. The van der Waals surface area contributed by atoms with Crippen molar-refractivity contribution in [3.8, 4) is 5.69 Å². The molecule has 0 spiro atoms. The van der Waals surface area contributed by atoms with Gasteiger partial charge in [-0.1, -0.05) is 60.1 Å². The Balaban J connectivity index is 1.52. The van der Waals surface area contributed by atoms with Gasteiger partial charge in [0.25, 0.3) is 11.5 Å². The topological polar surface area (TPSA) is 81.8 Å².